The molecular formula is C32H28SiZr. The SMILES string of the molecule is [CH3][Zr]1([CH3])[CH]2C(=Cc3ccccc32)[Si](c2ccccc2)(c2ccccc2)C2=Cc3ccccc3[CH]21. The fraction of sp³-hybridized carbons (Fsp3) is 0.125. The van der Waals surface area contributed by atoms with Crippen LogP contribution in [0, 0.1) is 0 Å². The van der Waals surface area contributed by atoms with Crippen molar-refractivity contribution in [1.82, 2.24) is 0 Å². The molecule has 0 spiro atoms. The zero-order valence-corrected chi connectivity index (χ0v) is 23.2. The zero-order chi connectivity index (χ0) is 22.9. The van der Waals surface area contributed by atoms with Crippen molar-refractivity contribution in [2.24, 2.45) is 0 Å². The summed E-state index contributed by atoms with van der Waals surface area (Å²) in [6.07, 6.45) is 5.26. The van der Waals surface area contributed by atoms with Gasteiger partial charge in [-0.2, -0.15) is 0 Å². The Kier molecular flexibility index (Phi) is 4.57. The topological polar surface area (TPSA) is 0 Å². The van der Waals surface area contributed by atoms with E-state index in [4.69, 9.17) is 0 Å². The molecule has 2 aliphatic carbocycles. The monoisotopic (exact) mass is 530 g/mol. The van der Waals surface area contributed by atoms with Crippen LogP contribution in [0.15, 0.2) is 120 Å². The Morgan fingerprint density at radius 2 is 0.882 bits per heavy atom. The van der Waals surface area contributed by atoms with Crippen LogP contribution in [0.3, 0.4) is 0 Å². The summed E-state index contributed by atoms with van der Waals surface area (Å²) >= 11 is -2.78. The standard InChI is InChI=1S/C30H22Si.2CH3.Zr/c1-3-15-27(16-4-1)31(28-17-5-2-6-18-28,29-19-23-11-7-8-12-24(23)20-29)30-21-25-13-9-10-14-26(25)22-30;;;/h1-22H;2*1H3;. The Bertz CT molecular complexity index is 1370. The molecule has 0 amide bonds. The van der Waals surface area contributed by atoms with Gasteiger partial charge in [0.2, 0.25) is 0 Å². The van der Waals surface area contributed by atoms with Gasteiger partial charge in [0.15, 0.2) is 0 Å². The third-order valence-electron chi connectivity index (χ3n) is 8.63. The number of rotatable bonds is 2. The van der Waals surface area contributed by atoms with Crippen LogP contribution >= 0.6 is 0 Å². The number of hydrogen-bond donors (Lipinski definition) is 0. The Morgan fingerprint density at radius 1 is 0.500 bits per heavy atom. The van der Waals surface area contributed by atoms with Crippen molar-refractivity contribution in [3.63, 3.8) is 0 Å². The van der Waals surface area contributed by atoms with Crippen LogP contribution in [0.2, 0.25) is 9.26 Å². The average Bonchev–Trinajstić information content (AvgIpc) is 3.46. The van der Waals surface area contributed by atoms with Gasteiger partial charge in [-0.25, -0.2) is 0 Å². The maximum absolute atomic E-state index is 2.78. The van der Waals surface area contributed by atoms with Crippen molar-refractivity contribution in [3.8, 4) is 0 Å². The molecule has 0 nitrogen and oxygen atoms in total. The van der Waals surface area contributed by atoms with Crippen molar-refractivity contribution < 1.29 is 20.3 Å². The molecule has 0 bridgehead atoms. The number of allylic oxidation sites excluding steroid dienone is 2. The fourth-order valence-corrected chi connectivity index (χ4v) is 30.7. The van der Waals surface area contributed by atoms with Gasteiger partial charge in [-0.1, -0.05) is 0 Å². The molecule has 1 heterocycles. The van der Waals surface area contributed by atoms with Gasteiger partial charge in [0.1, 0.15) is 0 Å². The number of fused-ring (bicyclic) bond motifs is 6. The van der Waals surface area contributed by atoms with Gasteiger partial charge in [0.25, 0.3) is 0 Å². The molecule has 0 saturated carbocycles. The quantitative estimate of drug-likeness (QED) is 0.248. The van der Waals surface area contributed by atoms with Gasteiger partial charge in [-0.3, -0.25) is 0 Å². The first kappa shape index (κ1) is 20.8. The second kappa shape index (κ2) is 7.48. The molecule has 2 heteroatoms. The van der Waals surface area contributed by atoms with Gasteiger partial charge in [0, 0.05) is 0 Å². The van der Waals surface area contributed by atoms with E-state index >= 15 is 0 Å². The molecular weight excluding hydrogens is 504 g/mol. The molecule has 34 heavy (non-hydrogen) atoms. The fourth-order valence-electron chi connectivity index (χ4n) is 7.44. The van der Waals surface area contributed by atoms with Crippen LogP contribution in [0.1, 0.15) is 29.5 Å². The van der Waals surface area contributed by atoms with E-state index in [2.05, 4.69) is 131 Å². The summed E-state index contributed by atoms with van der Waals surface area (Å²) in [5.74, 6) is 0. The number of benzene rings is 4. The predicted molar refractivity (Wildman–Crippen MR) is 144 cm³/mol. The second-order valence-corrected chi connectivity index (χ2v) is 26.2. The molecule has 0 N–H and O–H groups in total. The first-order valence-corrected chi connectivity index (χ1v) is 22.1. The molecule has 1 saturated heterocycles. The van der Waals surface area contributed by atoms with Crippen LogP contribution in [-0.4, -0.2) is 8.07 Å². The molecule has 164 valence electrons. The Hall–Kier alpha value is -2.54. The summed E-state index contributed by atoms with van der Waals surface area (Å²) in [4.78, 5) is 0. The van der Waals surface area contributed by atoms with Gasteiger partial charge in [-0.15, -0.1) is 0 Å². The van der Waals surface area contributed by atoms with Crippen LogP contribution in [0.5, 0.6) is 0 Å². The van der Waals surface area contributed by atoms with E-state index in [-0.39, 0.29) is 0 Å². The summed E-state index contributed by atoms with van der Waals surface area (Å²) in [6, 6.07) is 41.6. The van der Waals surface area contributed by atoms with Crippen LogP contribution in [0.25, 0.3) is 12.2 Å². The van der Waals surface area contributed by atoms with Crippen LogP contribution in [0.4, 0.5) is 0 Å². The molecule has 0 radical (unpaired) electrons. The van der Waals surface area contributed by atoms with Gasteiger partial charge in [0.05, 0.1) is 0 Å². The van der Waals surface area contributed by atoms with Crippen molar-refractivity contribution in [2.45, 2.75) is 16.5 Å². The third-order valence-corrected chi connectivity index (χ3v) is 25.4. The Labute approximate surface area is 208 Å². The van der Waals surface area contributed by atoms with E-state index in [0.29, 0.717) is 7.25 Å². The van der Waals surface area contributed by atoms with E-state index in [1.54, 1.807) is 21.5 Å². The molecule has 2 atom stereocenters. The van der Waals surface area contributed by atoms with Crippen LogP contribution in [-0.2, 0) is 20.3 Å². The molecule has 2 unspecified atom stereocenters. The van der Waals surface area contributed by atoms with Crippen molar-refractivity contribution in [2.75, 3.05) is 0 Å². The Balaban J connectivity index is 1.65. The summed E-state index contributed by atoms with van der Waals surface area (Å²) < 4.78 is 6.69. The third kappa shape index (κ3) is 2.62. The maximum atomic E-state index is 2.73. The summed E-state index contributed by atoms with van der Waals surface area (Å²) in [5, 5.41) is 6.58. The number of hydrogen-bond acceptors (Lipinski definition) is 0. The predicted octanol–water partition coefficient (Wildman–Crippen LogP) is 6.87. The van der Waals surface area contributed by atoms with Gasteiger partial charge in [-0.05, 0) is 0 Å². The molecule has 0 aromatic heterocycles. The normalized spacial score (nSPS) is 22.6. The van der Waals surface area contributed by atoms with E-state index in [9.17, 15) is 0 Å². The van der Waals surface area contributed by atoms with E-state index in [0.717, 1.165) is 0 Å². The van der Waals surface area contributed by atoms with Crippen LogP contribution < -0.4 is 10.4 Å². The van der Waals surface area contributed by atoms with Gasteiger partial charge >= 0.3 is 209 Å². The van der Waals surface area contributed by atoms with Crippen molar-refractivity contribution in [3.05, 3.63) is 142 Å². The molecule has 4 aromatic carbocycles. The Morgan fingerprint density at radius 3 is 1.32 bits per heavy atom. The van der Waals surface area contributed by atoms with E-state index in [1.165, 1.54) is 21.5 Å². The minimum absolute atomic E-state index is 0.617. The molecule has 1 fully saturated rings. The first-order chi connectivity index (χ1) is 16.6. The minimum atomic E-state index is -2.78. The second-order valence-electron chi connectivity index (χ2n) is 10.6. The van der Waals surface area contributed by atoms with Gasteiger partial charge < -0.3 is 0 Å². The molecule has 1 aliphatic heterocycles. The molecule has 4 aromatic rings. The van der Waals surface area contributed by atoms with Crippen molar-refractivity contribution >= 4 is 30.6 Å². The molecule has 3 aliphatic rings. The average molecular weight is 532 g/mol. The summed E-state index contributed by atoms with van der Waals surface area (Å²) in [5.41, 5.74) is 6.13. The van der Waals surface area contributed by atoms with Crippen molar-refractivity contribution in [1.29, 1.82) is 0 Å². The van der Waals surface area contributed by atoms with E-state index < -0.39 is 28.3 Å². The first-order valence-electron chi connectivity index (χ1n) is 12.4. The summed E-state index contributed by atoms with van der Waals surface area (Å²) in [6.45, 7) is 0. The molecule has 7 rings (SSSR count). The zero-order valence-electron chi connectivity index (χ0n) is 19.7. The summed E-state index contributed by atoms with van der Waals surface area (Å²) in [7, 11) is -2.40. The van der Waals surface area contributed by atoms with E-state index in [1.807, 2.05) is 0 Å².